The molecule has 3 rings (SSSR count). The molecule has 4 heteroatoms. The summed E-state index contributed by atoms with van der Waals surface area (Å²) in [6, 6.07) is 11.1. The van der Waals surface area contributed by atoms with Crippen LogP contribution < -0.4 is 0 Å². The van der Waals surface area contributed by atoms with Crippen LogP contribution in [0.2, 0.25) is 0 Å². The molecule has 2 aromatic carbocycles. The fourth-order valence-electron chi connectivity index (χ4n) is 2.80. The predicted octanol–water partition coefficient (Wildman–Crippen LogP) is 6.80. The number of aryl methyl sites for hydroxylation is 2. The molecule has 0 unspecified atom stereocenters. The van der Waals surface area contributed by atoms with Crippen molar-refractivity contribution in [2.45, 2.75) is 26.3 Å². The van der Waals surface area contributed by atoms with Crippen molar-refractivity contribution in [2.75, 3.05) is 5.33 Å². The fourth-order valence-corrected chi connectivity index (χ4v) is 3.90. The van der Waals surface area contributed by atoms with Crippen molar-refractivity contribution in [1.82, 2.24) is 4.57 Å². The molecule has 0 bridgehead atoms. The van der Waals surface area contributed by atoms with Gasteiger partial charge in [-0.2, -0.15) is 0 Å². The van der Waals surface area contributed by atoms with Gasteiger partial charge in [-0.1, -0.05) is 47.8 Å². The topological polar surface area (TPSA) is 4.93 Å². The van der Waals surface area contributed by atoms with Gasteiger partial charge in [0.05, 0.1) is 0 Å². The number of halogens is 3. The number of hydrogen-bond donors (Lipinski definition) is 0. The molecule has 3 aromatic rings. The van der Waals surface area contributed by atoms with Gasteiger partial charge in [0.15, 0.2) is 0 Å². The van der Waals surface area contributed by atoms with Gasteiger partial charge in [0, 0.05) is 42.6 Å². The van der Waals surface area contributed by atoms with Gasteiger partial charge in [0.1, 0.15) is 0 Å². The van der Waals surface area contributed by atoms with Crippen LogP contribution in [-0.2, 0) is 6.54 Å². The highest BCUT2D eigenvalue weighted by Gasteiger charge is 2.12. The lowest BCUT2D eigenvalue weighted by atomic mass is 10.1. The van der Waals surface area contributed by atoms with E-state index in [2.05, 4.69) is 89.6 Å². The van der Waals surface area contributed by atoms with Gasteiger partial charge in [0.2, 0.25) is 0 Å². The molecule has 0 spiro atoms. The highest BCUT2D eigenvalue weighted by molar-refractivity contribution is 9.10. The largest absolute Gasteiger partial charge is 0.340 e. The van der Waals surface area contributed by atoms with E-state index in [1.165, 1.54) is 44.7 Å². The lowest BCUT2D eigenvalue weighted by molar-refractivity contribution is 0.670. The first-order valence-electron chi connectivity index (χ1n) is 7.05. The monoisotopic (exact) mass is 471 g/mol. The number of rotatable bonds is 4. The summed E-state index contributed by atoms with van der Waals surface area (Å²) in [5.41, 5.74) is 3.93. The molecule has 0 atom stereocenters. The molecule has 21 heavy (non-hydrogen) atoms. The van der Waals surface area contributed by atoms with E-state index in [1.54, 1.807) is 0 Å². The average Bonchev–Trinajstić information content (AvgIpc) is 2.73. The van der Waals surface area contributed by atoms with Crippen molar-refractivity contribution in [3.63, 3.8) is 0 Å². The normalized spacial score (nSPS) is 11.6. The van der Waals surface area contributed by atoms with Crippen LogP contribution in [0.15, 0.2) is 39.3 Å². The second-order valence-corrected chi connectivity index (χ2v) is 7.89. The van der Waals surface area contributed by atoms with E-state index in [1.807, 2.05) is 0 Å². The van der Waals surface area contributed by atoms with E-state index in [0.29, 0.717) is 0 Å². The summed E-state index contributed by atoms with van der Waals surface area (Å²) in [6.07, 6.45) is 2.39. The third kappa shape index (κ3) is 2.95. The highest BCUT2D eigenvalue weighted by atomic mass is 79.9. The Kier molecular flexibility index (Phi) is 4.77. The van der Waals surface area contributed by atoms with Gasteiger partial charge in [-0.15, -0.1) is 0 Å². The van der Waals surface area contributed by atoms with Gasteiger partial charge in [0.25, 0.3) is 0 Å². The van der Waals surface area contributed by atoms with Crippen molar-refractivity contribution in [3.8, 4) is 0 Å². The molecule has 0 aliphatic carbocycles. The van der Waals surface area contributed by atoms with Crippen LogP contribution in [0.25, 0.3) is 21.8 Å². The molecule has 0 N–H and O–H groups in total. The summed E-state index contributed by atoms with van der Waals surface area (Å²) in [7, 11) is 0. The predicted molar refractivity (Wildman–Crippen MR) is 103 cm³/mol. The maximum Gasteiger partial charge on any atom is 0.0494 e. The van der Waals surface area contributed by atoms with Crippen LogP contribution in [0.5, 0.6) is 0 Å². The van der Waals surface area contributed by atoms with Crippen LogP contribution in [0.4, 0.5) is 0 Å². The van der Waals surface area contributed by atoms with E-state index >= 15 is 0 Å². The molecule has 1 heterocycles. The molecule has 1 aromatic heterocycles. The molecule has 0 saturated heterocycles. The molecular formula is C17H16Br3N. The minimum Gasteiger partial charge on any atom is -0.340 e. The average molecular weight is 474 g/mol. The zero-order chi connectivity index (χ0) is 15.0. The number of nitrogens with zero attached hydrogens (tertiary/aromatic N) is 1. The lowest BCUT2D eigenvalue weighted by Gasteiger charge is -2.07. The van der Waals surface area contributed by atoms with Crippen molar-refractivity contribution in [2.24, 2.45) is 0 Å². The summed E-state index contributed by atoms with van der Waals surface area (Å²) < 4.78 is 4.76. The summed E-state index contributed by atoms with van der Waals surface area (Å²) in [4.78, 5) is 0. The van der Waals surface area contributed by atoms with Gasteiger partial charge >= 0.3 is 0 Å². The number of fused-ring (bicyclic) bond motifs is 3. The quantitative estimate of drug-likeness (QED) is 0.290. The molecule has 0 saturated carbocycles. The summed E-state index contributed by atoms with van der Waals surface area (Å²) in [5, 5.41) is 3.71. The summed E-state index contributed by atoms with van der Waals surface area (Å²) >= 11 is 10.8. The van der Waals surface area contributed by atoms with Crippen LogP contribution >= 0.6 is 47.8 Å². The fraction of sp³-hybridized carbons (Fsp3) is 0.294. The first-order chi connectivity index (χ1) is 10.1. The van der Waals surface area contributed by atoms with E-state index in [-0.39, 0.29) is 0 Å². The number of alkyl halides is 1. The number of benzene rings is 2. The van der Waals surface area contributed by atoms with Gasteiger partial charge in [-0.05, 0) is 55.7 Å². The minimum absolute atomic E-state index is 1.06. The van der Waals surface area contributed by atoms with Crippen LogP contribution in [0.3, 0.4) is 0 Å². The molecule has 0 amide bonds. The Morgan fingerprint density at radius 3 is 2.48 bits per heavy atom. The SMILES string of the molecule is Cc1cc2c(cc1Br)c1cc(Br)ccc1n2CCCCBr. The Bertz CT molecular complexity index is 805. The molecule has 1 nitrogen and oxygen atoms in total. The van der Waals surface area contributed by atoms with Crippen LogP contribution in [0, 0.1) is 6.92 Å². The Balaban J connectivity index is 2.27. The second kappa shape index (κ2) is 6.43. The summed E-state index contributed by atoms with van der Waals surface area (Å²) in [5.74, 6) is 0. The van der Waals surface area contributed by atoms with Gasteiger partial charge < -0.3 is 4.57 Å². The zero-order valence-corrected chi connectivity index (χ0v) is 16.6. The van der Waals surface area contributed by atoms with Crippen molar-refractivity contribution >= 4 is 69.6 Å². The zero-order valence-electron chi connectivity index (χ0n) is 11.8. The molecule has 0 radical (unpaired) electrons. The van der Waals surface area contributed by atoms with Gasteiger partial charge in [-0.3, -0.25) is 0 Å². The lowest BCUT2D eigenvalue weighted by Crippen LogP contribution is -1.98. The molecule has 110 valence electrons. The van der Waals surface area contributed by atoms with E-state index < -0.39 is 0 Å². The Morgan fingerprint density at radius 2 is 1.71 bits per heavy atom. The van der Waals surface area contributed by atoms with Crippen LogP contribution in [-0.4, -0.2) is 9.90 Å². The van der Waals surface area contributed by atoms with Gasteiger partial charge in [-0.25, -0.2) is 0 Å². The number of hydrogen-bond acceptors (Lipinski definition) is 0. The summed E-state index contributed by atoms with van der Waals surface area (Å²) in [6.45, 7) is 3.22. The van der Waals surface area contributed by atoms with Crippen LogP contribution in [0.1, 0.15) is 18.4 Å². The second-order valence-electron chi connectivity index (χ2n) is 5.33. The standard InChI is InChI=1S/C17H16Br3N/c1-11-8-17-14(10-15(11)20)13-9-12(19)4-5-16(13)21(17)7-3-2-6-18/h4-5,8-10H,2-3,6-7H2,1H3. The molecule has 0 aliphatic heterocycles. The smallest absolute Gasteiger partial charge is 0.0494 e. The maximum atomic E-state index is 3.67. The first kappa shape index (κ1) is 15.6. The number of unbranched alkanes of at least 4 members (excludes halogenated alkanes) is 1. The Morgan fingerprint density at radius 1 is 0.952 bits per heavy atom. The molecule has 0 fully saturated rings. The maximum absolute atomic E-state index is 3.67. The molecular weight excluding hydrogens is 458 g/mol. The van der Waals surface area contributed by atoms with E-state index in [4.69, 9.17) is 0 Å². The Labute approximate surface area is 150 Å². The Hall–Kier alpha value is -0.320. The van der Waals surface area contributed by atoms with Crippen molar-refractivity contribution in [3.05, 3.63) is 44.8 Å². The third-order valence-electron chi connectivity index (χ3n) is 3.87. The molecule has 0 aliphatic rings. The van der Waals surface area contributed by atoms with E-state index in [9.17, 15) is 0 Å². The third-order valence-corrected chi connectivity index (χ3v) is 5.78. The highest BCUT2D eigenvalue weighted by Crippen LogP contribution is 2.34. The van der Waals surface area contributed by atoms with E-state index in [0.717, 1.165) is 16.3 Å². The van der Waals surface area contributed by atoms with Crippen molar-refractivity contribution < 1.29 is 0 Å². The first-order valence-corrected chi connectivity index (χ1v) is 9.76. The minimum atomic E-state index is 1.06. The number of aromatic nitrogens is 1. The van der Waals surface area contributed by atoms with Crippen molar-refractivity contribution in [1.29, 1.82) is 0 Å².